The second-order valence-corrected chi connectivity index (χ2v) is 10.7. The first-order chi connectivity index (χ1) is 23.2. The highest BCUT2D eigenvalue weighted by atomic mass is 19.4. The van der Waals surface area contributed by atoms with Crippen LogP contribution in [-0.4, -0.2) is 103 Å². The summed E-state index contributed by atoms with van der Waals surface area (Å²) >= 11 is 0. The van der Waals surface area contributed by atoms with E-state index in [0.29, 0.717) is 35.4 Å². The molecule has 0 radical (unpaired) electrons. The van der Waals surface area contributed by atoms with Crippen LogP contribution in [0, 0.1) is 0 Å². The number of aliphatic carboxylic acids is 1. The third-order valence-corrected chi connectivity index (χ3v) is 6.97. The van der Waals surface area contributed by atoms with Gasteiger partial charge in [0.2, 0.25) is 11.8 Å². The van der Waals surface area contributed by atoms with Gasteiger partial charge in [0.25, 0.3) is 0 Å². The Morgan fingerprint density at radius 3 is 1.82 bits per heavy atom. The first kappa shape index (κ1) is 40.1. The Labute approximate surface area is 281 Å². The zero-order chi connectivity index (χ0) is 36.6. The number of nitrogens with one attached hydrogen (secondary N) is 2. The number of aromatic hydroxyl groups is 2. The number of carboxylic acids is 1. The number of alkyl halides is 3. The Kier molecular flexibility index (Phi) is 16.1. The molecule has 0 unspecified atom stereocenters. The van der Waals surface area contributed by atoms with Crippen molar-refractivity contribution in [2.45, 2.75) is 31.9 Å². The maximum Gasteiger partial charge on any atom is 0.490 e. The van der Waals surface area contributed by atoms with E-state index in [1.807, 2.05) is 0 Å². The first-order valence-corrected chi connectivity index (χ1v) is 15.1. The zero-order valence-electron chi connectivity index (χ0n) is 27.1. The molecule has 2 aromatic rings. The van der Waals surface area contributed by atoms with Crippen molar-refractivity contribution in [1.29, 1.82) is 0 Å². The normalized spacial score (nSPS) is 14.7. The smallest absolute Gasteiger partial charge is 0.490 e. The van der Waals surface area contributed by atoms with Gasteiger partial charge in [-0.15, -0.1) is 0 Å². The van der Waals surface area contributed by atoms with E-state index in [0.717, 1.165) is 25.9 Å². The molecule has 0 atom stereocenters. The highest BCUT2D eigenvalue weighted by Crippen LogP contribution is 2.31. The minimum absolute atomic E-state index is 0.00457. The van der Waals surface area contributed by atoms with Gasteiger partial charge < -0.3 is 46.1 Å². The number of carboxylic acid groups (broad SMARTS) is 1. The van der Waals surface area contributed by atoms with Crippen LogP contribution in [0.5, 0.6) is 23.0 Å². The minimum atomic E-state index is -5.08. The number of nitrogens with zero attached hydrogens (tertiary/aromatic N) is 1. The number of benzene rings is 2. The number of methoxy groups -OCH3 is 2. The van der Waals surface area contributed by atoms with Crippen molar-refractivity contribution in [3.8, 4) is 23.0 Å². The Hall–Kier alpha value is -5.09. The van der Waals surface area contributed by atoms with Crippen molar-refractivity contribution in [2.75, 3.05) is 53.5 Å². The number of nitrogens with two attached hydrogens (primary N) is 1. The van der Waals surface area contributed by atoms with Crippen LogP contribution in [0.25, 0.3) is 12.2 Å². The van der Waals surface area contributed by atoms with Crippen molar-refractivity contribution in [3.63, 3.8) is 0 Å². The average Bonchev–Trinajstić information content (AvgIpc) is 3.06. The van der Waals surface area contributed by atoms with E-state index in [-0.39, 0.29) is 66.5 Å². The van der Waals surface area contributed by atoms with Gasteiger partial charge in [-0.05, 0) is 80.0 Å². The molecule has 1 aliphatic heterocycles. The molecule has 7 N–H and O–H groups in total. The molecule has 1 heterocycles. The van der Waals surface area contributed by atoms with Crippen LogP contribution in [0.15, 0.2) is 47.5 Å². The molecule has 49 heavy (non-hydrogen) atoms. The summed E-state index contributed by atoms with van der Waals surface area (Å²) in [5.41, 5.74) is 7.43. The highest BCUT2D eigenvalue weighted by Gasteiger charge is 2.38. The zero-order valence-corrected chi connectivity index (χ0v) is 27.1. The number of carbonyl (C=O) groups excluding carboxylic acids is 3. The minimum Gasteiger partial charge on any atom is -0.504 e. The van der Waals surface area contributed by atoms with Crippen molar-refractivity contribution in [3.05, 3.63) is 58.7 Å². The number of Topliss-reactive ketones (excluding diaryl/α,β-unsaturated/α-hetero) is 1. The third kappa shape index (κ3) is 13.5. The van der Waals surface area contributed by atoms with Gasteiger partial charge in [-0.2, -0.15) is 13.2 Å². The van der Waals surface area contributed by atoms with E-state index in [1.165, 1.54) is 26.4 Å². The van der Waals surface area contributed by atoms with E-state index in [9.17, 15) is 37.8 Å². The Morgan fingerprint density at radius 2 is 1.37 bits per heavy atom. The van der Waals surface area contributed by atoms with E-state index in [4.69, 9.17) is 25.1 Å². The molecular weight excluding hydrogens is 653 g/mol. The Bertz CT molecular complexity index is 1450. The lowest BCUT2D eigenvalue weighted by atomic mass is 9.93. The van der Waals surface area contributed by atoms with Crippen LogP contribution in [-0.2, 0) is 19.2 Å². The number of ketones is 1. The number of rotatable bonds is 14. The molecule has 13 nitrogen and oxygen atoms in total. The number of likely N-dealkylation sites (tertiary alicyclic amines) is 1. The van der Waals surface area contributed by atoms with Crippen molar-refractivity contribution in [1.82, 2.24) is 15.5 Å². The highest BCUT2D eigenvalue weighted by molar-refractivity contribution is 6.15. The topological polar surface area (TPSA) is 201 Å². The van der Waals surface area contributed by atoms with E-state index in [1.54, 1.807) is 41.3 Å². The molecule has 2 aromatic carbocycles. The van der Waals surface area contributed by atoms with Gasteiger partial charge in [-0.25, -0.2) is 4.79 Å². The van der Waals surface area contributed by atoms with Crippen molar-refractivity contribution in [2.24, 2.45) is 5.73 Å². The standard InChI is InChI=1S/C31H40N4O7.C2HF3O2/c1-41-27-17-21(5-7-25(27)36)15-23-19-35(30(39)10-9-29(38)34-14-4-13-33-12-3-11-32)20-24(31(23)40)16-22-6-8-26(37)28(18-22)42-2;3-2(4,5)1(6)7/h5-8,15-18,33,36-37H,3-4,9-14,19-20,32H2,1-2H3,(H,34,38);(H,6,7)/b23-15+,24-16+;. The summed E-state index contributed by atoms with van der Waals surface area (Å²) in [6, 6.07) is 9.42. The molecule has 0 saturated carbocycles. The number of phenols is 2. The van der Waals surface area contributed by atoms with Crippen molar-refractivity contribution < 1.29 is 57.1 Å². The maximum absolute atomic E-state index is 13.5. The number of carbonyl (C=O) groups is 4. The summed E-state index contributed by atoms with van der Waals surface area (Å²) in [6.45, 7) is 2.87. The summed E-state index contributed by atoms with van der Waals surface area (Å²) in [6.07, 6.45) is -0.0737. The fourth-order valence-electron chi connectivity index (χ4n) is 4.45. The summed E-state index contributed by atoms with van der Waals surface area (Å²) < 4.78 is 42.1. The Balaban J connectivity index is 0.00000107. The largest absolute Gasteiger partial charge is 0.504 e. The SMILES string of the molecule is COc1cc(/C=C2\CN(C(=O)CCC(=O)NCCCNCCCN)C/C(=C\c3ccc(O)c(OC)c3)C2=O)ccc1O.O=C(O)C(F)(F)F. The number of phenolic OH excluding ortho intramolecular Hbond substituents is 2. The van der Waals surface area contributed by atoms with E-state index >= 15 is 0 Å². The number of halogens is 3. The van der Waals surface area contributed by atoms with Gasteiger partial charge >= 0.3 is 12.1 Å². The molecule has 0 aromatic heterocycles. The lowest BCUT2D eigenvalue weighted by Crippen LogP contribution is -2.42. The van der Waals surface area contributed by atoms with Gasteiger partial charge in [0.15, 0.2) is 28.8 Å². The molecule has 0 spiro atoms. The lowest BCUT2D eigenvalue weighted by Gasteiger charge is -2.30. The predicted molar refractivity (Wildman–Crippen MR) is 174 cm³/mol. The Morgan fingerprint density at radius 1 is 0.878 bits per heavy atom. The fourth-order valence-corrected chi connectivity index (χ4v) is 4.45. The quantitative estimate of drug-likeness (QED) is 0.126. The van der Waals surface area contributed by atoms with Gasteiger partial charge in [0, 0.05) is 43.6 Å². The van der Waals surface area contributed by atoms with Gasteiger partial charge in [0.1, 0.15) is 0 Å². The monoisotopic (exact) mass is 694 g/mol. The number of hydrogen-bond acceptors (Lipinski definition) is 10. The molecule has 1 aliphatic rings. The van der Waals surface area contributed by atoms with Crippen LogP contribution >= 0.6 is 0 Å². The van der Waals surface area contributed by atoms with Crippen LogP contribution < -0.4 is 25.8 Å². The summed E-state index contributed by atoms with van der Waals surface area (Å²) in [5.74, 6) is -3.02. The second-order valence-electron chi connectivity index (χ2n) is 10.7. The van der Waals surface area contributed by atoms with Gasteiger partial charge in [0.05, 0.1) is 14.2 Å². The number of ether oxygens (including phenoxy) is 2. The van der Waals surface area contributed by atoms with Crippen LogP contribution in [0.1, 0.15) is 36.8 Å². The summed E-state index contributed by atoms with van der Waals surface area (Å²) in [7, 11) is 2.86. The molecule has 3 rings (SSSR count). The molecule has 0 aliphatic carbocycles. The number of hydrogen-bond donors (Lipinski definition) is 6. The third-order valence-electron chi connectivity index (χ3n) is 6.97. The van der Waals surface area contributed by atoms with Gasteiger partial charge in [-0.3, -0.25) is 14.4 Å². The average molecular weight is 695 g/mol. The number of piperidine rings is 1. The predicted octanol–water partition coefficient (Wildman–Crippen LogP) is 2.85. The molecule has 16 heteroatoms. The van der Waals surface area contributed by atoms with Gasteiger partial charge in [-0.1, -0.05) is 12.1 Å². The summed E-state index contributed by atoms with van der Waals surface area (Å²) in [4.78, 5) is 49.5. The molecule has 1 fully saturated rings. The van der Waals surface area contributed by atoms with E-state index in [2.05, 4.69) is 10.6 Å². The van der Waals surface area contributed by atoms with Crippen LogP contribution in [0.4, 0.5) is 13.2 Å². The number of amides is 2. The van der Waals surface area contributed by atoms with Crippen LogP contribution in [0.3, 0.4) is 0 Å². The summed E-state index contributed by atoms with van der Waals surface area (Å²) in [5, 5.41) is 33.1. The fraction of sp³-hybridized carbons (Fsp3) is 0.394. The first-order valence-electron chi connectivity index (χ1n) is 15.1. The lowest BCUT2D eigenvalue weighted by molar-refractivity contribution is -0.192. The molecule has 2 amide bonds. The second kappa shape index (κ2) is 19.7. The molecule has 1 saturated heterocycles. The van der Waals surface area contributed by atoms with Crippen LogP contribution in [0.2, 0.25) is 0 Å². The maximum atomic E-state index is 13.5. The van der Waals surface area contributed by atoms with Crippen molar-refractivity contribution >= 4 is 35.7 Å². The molecule has 0 bridgehead atoms. The molecule has 268 valence electrons. The molecular formula is C33H41F3N4O9. The van der Waals surface area contributed by atoms with E-state index < -0.39 is 12.1 Å².